The molecule has 146 valence electrons. The molecule has 1 aromatic carbocycles. The highest BCUT2D eigenvalue weighted by atomic mass is 16.5. The van der Waals surface area contributed by atoms with Gasteiger partial charge in [-0.05, 0) is 56.4 Å². The number of benzene rings is 1. The van der Waals surface area contributed by atoms with Gasteiger partial charge in [-0.25, -0.2) is 0 Å². The second-order valence-corrected chi connectivity index (χ2v) is 7.33. The van der Waals surface area contributed by atoms with Crippen LogP contribution in [-0.4, -0.2) is 47.0 Å². The van der Waals surface area contributed by atoms with Crippen LogP contribution in [0.25, 0.3) is 0 Å². The Kier molecular flexibility index (Phi) is 5.98. The first-order valence-corrected chi connectivity index (χ1v) is 9.52. The van der Waals surface area contributed by atoms with E-state index in [9.17, 15) is 19.5 Å². The van der Waals surface area contributed by atoms with Crippen LogP contribution in [0, 0.1) is 5.92 Å². The average molecular weight is 374 g/mol. The zero-order chi connectivity index (χ0) is 19.4. The first-order chi connectivity index (χ1) is 12.9. The summed E-state index contributed by atoms with van der Waals surface area (Å²) in [4.78, 5) is 36.7. The van der Waals surface area contributed by atoms with Crippen LogP contribution in [0.1, 0.15) is 44.6 Å². The number of carboxylic acid groups (broad SMARTS) is 1. The van der Waals surface area contributed by atoms with Crippen molar-refractivity contribution in [3.63, 3.8) is 0 Å². The number of anilines is 1. The van der Waals surface area contributed by atoms with E-state index in [-0.39, 0.29) is 17.9 Å². The van der Waals surface area contributed by atoms with E-state index in [1.54, 1.807) is 4.90 Å². The smallest absolute Gasteiger partial charge is 0.308 e. The van der Waals surface area contributed by atoms with Gasteiger partial charge in [0.2, 0.25) is 11.8 Å². The first-order valence-electron chi connectivity index (χ1n) is 9.52. The van der Waals surface area contributed by atoms with Gasteiger partial charge in [-0.2, -0.15) is 0 Å². The Morgan fingerprint density at radius 1 is 1.30 bits per heavy atom. The van der Waals surface area contributed by atoms with E-state index < -0.39 is 11.9 Å². The van der Waals surface area contributed by atoms with Gasteiger partial charge < -0.3 is 20.1 Å². The highest BCUT2D eigenvalue weighted by Crippen LogP contribution is 2.27. The Bertz CT molecular complexity index is 733. The zero-order valence-corrected chi connectivity index (χ0v) is 15.6. The number of hydrogen-bond acceptors (Lipinski definition) is 4. The number of amides is 2. The van der Waals surface area contributed by atoms with Gasteiger partial charge in [0.15, 0.2) is 0 Å². The molecule has 0 spiro atoms. The summed E-state index contributed by atoms with van der Waals surface area (Å²) in [5, 5.41) is 12.0. The van der Waals surface area contributed by atoms with Crippen LogP contribution in [0.2, 0.25) is 0 Å². The third kappa shape index (κ3) is 4.78. The number of fused-ring (bicyclic) bond motifs is 1. The standard InChI is InChI=1S/C20H26N2O5/c1-13-4-5-15(20(25)26)12-22(13)19(24)3-2-10-27-16-7-8-17-14(11-16)6-9-18(23)21-17/h7-8,11,13,15H,2-6,9-10,12H2,1H3,(H,21,23)(H,25,26). The first kappa shape index (κ1) is 19.2. The molecule has 7 nitrogen and oxygen atoms in total. The lowest BCUT2D eigenvalue weighted by atomic mass is 9.93. The fraction of sp³-hybridized carbons (Fsp3) is 0.550. The SMILES string of the molecule is CC1CCC(C(=O)O)CN1C(=O)CCCOc1ccc2c(c1)CCC(=O)N2. The fourth-order valence-corrected chi connectivity index (χ4v) is 3.66. The summed E-state index contributed by atoms with van der Waals surface area (Å²) in [7, 11) is 0. The van der Waals surface area contributed by atoms with Crippen LogP contribution in [0.3, 0.4) is 0 Å². The Morgan fingerprint density at radius 2 is 2.11 bits per heavy atom. The monoisotopic (exact) mass is 374 g/mol. The lowest BCUT2D eigenvalue weighted by Crippen LogP contribution is -2.47. The zero-order valence-electron chi connectivity index (χ0n) is 15.6. The van der Waals surface area contributed by atoms with E-state index in [1.165, 1.54) is 0 Å². The molecule has 0 radical (unpaired) electrons. The summed E-state index contributed by atoms with van der Waals surface area (Å²) in [6, 6.07) is 5.68. The maximum atomic E-state index is 12.4. The number of aryl methyl sites for hydroxylation is 1. The molecule has 7 heteroatoms. The number of piperidine rings is 1. The number of ether oxygens (including phenoxy) is 1. The van der Waals surface area contributed by atoms with Crippen molar-refractivity contribution >= 4 is 23.5 Å². The molecule has 2 amide bonds. The predicted octanol–water partition coefficient (Wildman–Crippen LogP) is 2.44. The van der Waals surface area contributed by atoms with Gasteiger partial charge in [0.1, 0.15) is 5.75 Å². The van der Waals surface area contributed by atoms with Crippen molar-refractivity contribution in [2.75, 3.05) is 18.5 Å². The average Bonchev–Trinajstić information content (AvgIpc) is 2.65. The summed E-state index contributed by atoms with van der Waals surface area (Å²) < 4.78 is 5.75. The predicted molar refractivity (Wildman–Crippen MR) is 99.7 cm³/mol. The summed E-state index contributed by atoms with van der Waals surface area (Å²) in [6.45, 7) is 2.69. The van der Waals surface area contributed by atoms with Crippen LogP contribution in [0.4, 0.5) is 5.69 Å². The number of carbonyl (C=O) groups excluding carboxylic acids is 2. The lowest BCUT2D eigenvalue weighted by molar-refractivity contribution is -0.147. The molecule has 0 bridgehead atoms. The van der Waals surface area contributed by atoms with E-state index >= 15 is 0 Å². The summed E-state index contributed by atoms with van der Waals surface area (Å²) in [5.41, 5.74) is 1.89. The molecule has 1 saturated heterocycles. The van der Waals surface area contributed by atoms with E-state index in [4.69, 9.17) is 4.74 Å². The van der Waals surface area contributed by atoms with Crippen LogP contribution in [-0.2, 0) is 20.8 Å². The van der Waals surface area contributed by atoms with Gasteiger partial charge in [-0.15, -0.1) is 0 Å². The minimum atomic E-state index is -0.827. The Hall–Kier alpha value is -2.57. The van der Waals surface area contributed by atoms with Gasteiger partial charge in [0, 0.05) is 31.1 Å². The van der Waals surface area contributed by atoms with Crippen molar-refractivity contribution in [2.24, 2.45) is 5.92 Å². The molecule has 2 heterocycles. The number of nitrogens with one attached hydrogen (secondary N) is 1. The summed E-state index contributed by atoms with van der Waals surface area (Å²) in [6.07, 6.45) is 3.46. The van der Waals surface area contributed by atoms with Crippen molar-refractivity contribution in [3.8, 4) is 5.75 Å². The van der Waals surface area contributed by atoms with E-state index in [0.717, 1.165) is 23.4 Å². The van der Waals surface area contributed by atoms with E-state index in [1.807, 2.05) is 25.1 Å². The molecule has 27 heavy (non-hydrogen) atoms. The molecule has 1 aromatic rings. The molecule has 2 aliphatic heterocycles. The molecular weight excluding hydrogens is 348 g/mol. The second-order valence-electron chi connectivity index (χ2n) is 7.33. The van der Waals surface area contributed by atoms with Crippen LogP contribution in [0.5, 0.6) is 5.75 Å². The topological polar surface area (TPSA) is 95.9 Å². The van der Waals surface area contributed by atoms with Crippen molar-refractivity contribution in [2.45, 2.75) is 51.5 Å². The Morgan fingerprint density at radius 3 is 2.89 bits per heavy atom. The number of carbonyl (C=O) groups is 3. The lowest BCUT2D eigenvalue weighted by Gasteiger charge is -2.36. The number of hydrogen-bond donors (Lipinski definition) is 2. The molecule has 2 unspecified atom stereocenters. The maximum Gasteiger partial charge on any atom is 0.308 e. The van der Waals surface area contributed by atoms with Gasteiger partial charge in [0.05, 0.1) is 12.5 Å². The van der Waals surface area contributed by atoms with E-state index in [0.29, 0.717) is 45.3 Å². The number of rotatable bonds is 6. The van der Waals surface area contributed by atoms with Gasteiger partial charge >= 0.3 is 5.97 Å². The minimum Gasteiger partial charge on any atom is -0.494 e. The molecule has 0 aliphatic carbocycles. The van der Waals surface area contributed by atoms with Crippen LogP contribution < -0.4 is 10.1 Å². The molecule has 2 aliphatic rings. The second kappa shape index (κ2) is 8.41. The van der Waals surface area contributed by atoms with E-state index in [2.05, 4.69) is 5.32 Å². The largest absolute Gasteiger partial charge is 0.494 e. The third-order valence-electron chi connectivity index (χ3n) is 5.33. The molecule has 2 atom stereocenters. The van der Waals surface area contributed by atoms with Crippen molar-refractivity contribution in [3.05, 3.63) is 23.8 Å². The molecular formula is C20H26N2O5. The Labute approximate surface area is 158 Å². The highest BCUT2D eigenvalue weighted by Gasteiger charge is 2.32. The number of nitrogens with zero attached hydrogens (tertiary/aromatic N) is 1. The summed E-state index contributed by atoms with van der Waals surface area (Å²) in [5.74, 6) is -0.532. The van der Waals surface area contributed by atoms with Crippen LogP contribution >= 0.6 is 0 Å². The molecule has 3 rings (SSSR count). The van der Waals surface area contributed by atoms with Gasteiger partial charge in [-0.3, -0.25) is 14.4 Å². The number of likely N-dealkylation sites (tertiary alicyclic amines) is 1. The number of carboxylic acids is 1. The quantitative estimate of drug-likeness (QED) is 0.746. The molecule has 0 aromatic heterocycles. The third-order valence-corrected chi connectivity index (χ3v) is 5.33. The Balaban J connectivity index is 1.45. The molecule has 0 saturated carbocycles. The fourth-order valence-electron chi connectivity index (χ4n) is 3.66. The normalized spacial score (nSPS) is 22.0. The minimum absolute atomic E-state index is 0.00907. The molecule has 2 N–H and O–H groups in total. The van der Waals surface area contributed by atoms with Crippen molar-refractivity contribution in [1.29, 1.82) is 0 Å². The summed E-state index contributed by atoms with van der Waals surface area (Å²) >= 11 is 0. The van der Waals surface area contributed by atoms with Crippen molar-refractivity contribution < 1.29 is 24.2 Å². The molecule has 1 fully saturated rings. The van der Waals surface area contributed by atoms with Crippen molar-refractivity contribution in [1.82, 2.24) is 4.90 Å². The highest BCUT2D eigenvalue weighted by molar-refractivity contribution is 5.94. The number of aliphatic carboxylic acids is 1. The van der Waals surface area contributed by atoms with Crippen LogP contribution in [0.15, 0.2) is 18.2 Å². The van der Waals surface area contributed by atoms with Gasteiger partial charge in [0.25, 0.3) is 0 Å². The van der Waals surface area contributed by atoms with Gasteiger partial charge in [-0.1, -0.05) is 0 Å². The maximum absolute atomic E-state index is 12.4.